The molecule has 0 saturated carbocycles. The number of hydrogen-bond acceptors (Lipinski definition) is 5. The van der Waals surface area contributed by atoms with Gasteiger partial charge in [-0.1, -0.05) is 347 Å². The quantitative estimate of drug-likeness (QED) is 0.0320. The Morgan fingerprint density at radius 1 is 0.355 bits per heavy atom. The molecule has 6 nitrogen and oxygen atoms in total. The predicted octanol–water partition coefficient (Wildman–Crippen LogP) is 22.4. The number of hydrogen-bond donors (Lipinski definition) is 3. The maximum Gasteiger partial charge on any atom is 0.305 e. The Balaban J connectivity index is 3.38. The van der Waals surface area contributed by atoms with Crippen LogP contribution < -0.4 is 5.32 Å². The number of aliphatic hydroxyl groups is 2. The lowest BCUT2D eigenvalue weighted by atomic mass is 10.0. The Kier molecular flexibility index (Phi) is 64.9. The molecule has 1 amide bonds. The molecule has 76 heavy (non-hydrogen) atoms. The SMILES string of the molecule is CCCCCCCCCCCCCCCCCCCCCC(=O)OCCCCCCCCCCCCC/C=C\CCCCCCCCCC(=O)NC(CO)C(O)CCCCCCCCCCCCCCCCCCCC. The molecule has 0 heterocycles. The summed E-state index contributed by atoms with van der Waals surface area (Å²) in [5, 5.41) is 23.4. The van der Waals surface area contributed by atoms with Gasteiger partial charge in [-0.25, -0.2) is 0 Å². The van der Waals surface area contributed by atoms with Gasteiger partial charge < -0.3 is 20.3 Å². The van der Waals surface area contributed by atoms with Crippen molar-refractivity contribution in [3.63, 3.8) is 0 Å². The molecule has 0 aromatic rings. The largest absolute Gasteiger partial charge is 0.466 e. The van der Waals surface area contributed by atoms with Crippen LogP contribution in [0, 0.1) is 0 Å². The van der Waals surface area contributed by atoms with Gasteiger partial charge in [0.2, 0.25) is 5.91 Å². The van der Waals surface area contributed by atoms with Crippen LogP contribution in [0.25, 0.3) is 0 Å². The van der Waals surface area contributed by atoms with E-state index in [1.807, 2.05) is 0 Å². The summed E-state index contributed by atoms with van der Waals surface area (Å²) >= 11 is 0. The van der Waals surface area contributed by atoms with E-state index in [-0.39, 0.29) is 18.5 Å². The first kappa shape index (κ1) is 74.6. The Morgan fingerprint density at radius 3 is 0.934 bits per heavy atom. The molecule has 0 aromatic heterocycles. The Hall–Kier alpha value is -1.40. The number of carbonyl (C=O) groups is 2. The molecule has 0 bridgehead atoms. The van der Waals surface area contributed by atoms with Crippen LogP contribution in [0.15, 0.2) is 12.2 Å². The van der Waals surface area contributed by atoms with Crippen molar-refractivity contribution in [1.29, 1.82) is 0 Å². The van der Waals surface area contributed by atoms with Crippen LogP contribution >= 0.6 is 0 Å². The second-order valence-corrected chi connectivity index (χ2v) is 24.2. The van der Waals surface area contributed by atoms with Gasteiger partial charge in [0.25, 0.3) is 0 Å². The number of ether oxygens (including phenoxy) is 1. The monoisotopic (exact) mass is 1070 g/mol. The molecule has 0 aliphatic rings. The highest BCUT2D eigenvalue weighted by molar-refractivity contribution is 5.76. The van der Waals surface area contributed by atoms with E-state index in [0.717, 1.165) is 38.5 Å². The number of amides is 1. The molecule has 0 fully saturated rings. The fourth-order valence-electron chi connectivity index (χ4n) is 11.2. The van der Waals surface area contributed by atoms with Gasteiger partial charge in [-0.2, -0.15) is 0 Å². The molecular weight excluding hydrogens is 935 g/mol. The minimum absolute atomic E-state index is 0.0159. The minimum atomic E-state index is -0.669. The number of rotatable bonds is 66. The molecule has 0 rings (SSSR count). The van der Waals surface area contributed by atoms with E-state index in [1.54, 1.807) is 0 Å². The topological polar surface area (TPSA) is 95.9 Å². The third-order valence-corrected chi connectivity index (χ3v) is 16.6. The van der Waals surface area contributed by atoms with Crippen LogP contribution in [0.4, 0.5) is 0 Å². The van der Waals surface area contributed by atoms with Crippen molar-refractivity contribution >= 4 is 11.9 Å². The van der Waals surface area contributed by atoms with Crippen LogP contribution in [0.5, 0.6) is 0 Å². The number of esters is 1. The highest BCUT2D eigenvalue weighted by atomic mass is 16.5. The zero-order valence-electron chi connectivity index (χ0n) is 51.8. The van der Waals surface area contributed by atoms with Gasteiger partial charge in [-0.15, -0.1) is 0 Å². The molecule has 0 aromatic carbocycles. The third kappa shape index (κ3) is 61.8. The van der Waals surface area contributed by atoms with Gasteiger partial charge in [-0.3, -0.25) is 9.59 Å². The second-order valence-electron chi connectivity index (χ2n) is 24.2. The molecule has 452 valence electrons. The van der Waals surface area contributed by atoms with Crippen molar-refractivity contribution in [3.05, 3.63) is 12.2 Å². The summed E-state index contributed by atoms with van der Waals surface area (Å²) in [4.78, 5) is 24.6. The lowest BCUT2D eigenvalue weighted by molar-refractivity contribution is -0.143. The summed E-state index contributed by atoms with van der Waals surface area (Å²) in [5.74, 6) is -0.0220. The minimum Gasteiger partial charge on any atom is -0.466 e. The average Bonchev–Trinajstić information content (AvgIpc) is 3.42. The van der Waals surface area contributed by atoms with Crippen molar-refractivity contribution in [3.8, 4) is 0 Å². The van der Waals surface area contributed by atoms with Crippen LogP contribution in [0.3, 0.4) is 0 Å². The molecule has 0 radical (unpaired) electrons. The van der Waals surface area contributed by atoms with E-state index in [4.69, 9.17) is 4.74 Å². The van der Waals surface area contributed by atoms with Crippen LogP contribution in [0.1, 0.15) is 399 Å². The normalized spacial score (nSPS) is 12.5. The maximum absolute atomic E-state index is 12.5. The van der Waals surface area contributed by atoms with E-state index in [2.05, 4.69) is 31.3 Å². The van der Waals surface area contributed by atoms with Crippen molar-refractivity contribution in [1.82, 2.24) is 5.32 Å². The summed E-state index contributed by atoms with van der Waals surface area (Å²) in [6.07, 6.45) is 81.1. The van der Waals surface area contributed by atoms with E-state index in [0.29, 0.717) is 25.9 Å². The highest BCUT2D eigenvalue weighted by Gasteiger charge is 2.20. The molecule has 0 spiro atoms. The standard InChI is InChI=1S/C70H137NO5/c1-3-5-7-9-11-13-15-17-19-21-27-32-36-40-44-48-52-56-60-64-70(75)76-65-61-57-53-49-45-41-37-33-29-26-24-23-25-28-31-35-39-43-47-51-55-59-63-69(74)71-67(66-72)68(73)62-58-54-50-46-42-38-34-30-22-20-18-16-14-12-10-8-6-4-2/h25,28,67-68,72-73H,3-24,26-27,29-66H2,1-2H3,(H,71,74)/b28-25-. The third-order valence-electron chi connectivity index (χ3n) is 16.6. The van der Waals surface area contributed by atoms with Gasteiger partial charge in [-0.05, 0) is 51.4 Å². The zero-order chi connectivity index (χ0) is 55.0. The van der Waals surface area contributed by atoms with Gasteiger partial charge in [0.1, 0.15) is 0 Å². The highest BCUT2D eigenvalue weighted by Crippen LogP contribution is 2.19. The molecule has 0 aliphatic heterocycles. The second kappa shape index (κ2) is 66.1. The molecular formula is C70H137NO5. The van der Waals surface area contributed by atoms with Crippen molar-refractivity contribution in [2.45, 2.75) is 411 Å². The molecule has 0 aliphatic carbocycles. The number of aliphatic hydroxyl groups excluding tert-OH is 2. The Labute approximate surface area is 476 Å². The summed E-state index contributed by atoms with van der Waals surface area (Å²) in [6, 6.07) is -0.546. The van der Waals surface area contributed by atoms with Gasteiger partial charge in [0.05, 0.1) is 25.4 Å². The first-order valence-electron chi connectivity index (χ1n) is 34.9. The molecule has 2 unspecified atom stereocenters. The number of nitrogens with one attached hydrogen (secondary N) is 1. The lowest BCUT2D eigenvalue weighted by Crippen LogP contribution is -2.45. The van der Waals surface area contributed by atoms with Gasteiger partial charge in [0.15, 0.2) is 0 Å². The number of unbranched alkanes of at least 4 members (excludes halogenated alkanes) is 53. The van der Waals surface area contributed by atoms with Crippen LogP contribution in [0.2, 0.25) is 0 Å². The van der Waals surface area contributed by atoms with Crippen LogP contribution in [-0.4, -0.2) is 47.4 Å². The van der Waals surface area contributed by atoms with E-state index >= 15 is 0 Å². The fourth-order valence-corrected chi connectivity index (χ4v) is 11.2. The summed E-state index contributed by atoms with van der Waals surface area (Å²) in [7, 11) is 0. The van der Waals surface area contributed by atoms with Gasteiger partial charge in [0, 0.05) is 12.8 Å². The molecule has 0 saturated heterocycles. The van der Waals surface area contributed by atoms with E-state index < -0.39 is 12.1 Å². The van der Waals surface area contributed by atoms with Crippen molar-refractivity contribution in [2.24, 2.45) is 0 Å². The average molecular weight is 1070 g/mol. The predicted molar refractivity (Wildman–Crippen MR) is 333 cm³/mol. The van der Waals surface area contributed by atoms with Crippen molar-refractivity contribution in [2.75, 3.05) is 13.2 Å². The zero-order valence-corrected chi connectivity index (χ0v) is 51.8. The molecule has 2 atom stereocenters. The smallest absolute Gasteiger partial charge is 0.305 e. The van der Waals surface area contributed by atoms with E-state index in [1.165, 1.54) is 327 Å². The first-order valence-corrected chi connectivity index (χ1v) is 34.9. The summed E-state index contributed by atoms with van der Waals surface area (Å²) < 4.78 is 5.51. The fraction of sp³-hybridized carbons (Fsp3) is 0.943. The lowest BCUT2D eigenvalue weighted by Gasteiger charge is -2.22. The Morgan fingerprint density at radius 2 is 0.618 bits per heavy atom. The Bertz CT molecular complexity index is 1140. The van der Waals surface area contributed by atoms with E-state index in [9.17, 15) is 19.8 Å². The molecule has 3 N–H and O–H groups in total. The number of allylic oxidation sites excluding steroid dienone is 2. The van der Waals surface area contributed by atoms with Crippen LogP contribution in [-0.2, 0) is 14.3 Å². The van der Waals surface area contributed by atoms with Crippen molar-refractivity contribution < 1.29 is 24.5 Å². The summed E-state index contributed by atoms with van der Waals surface area (Å²) in [5.41, 5.74) is 0. The first-order chi connectivity index (χ1) is 37.5. The number of carbonyl (C=O) groups excluding carboxylic acids is 2. The summed E-state index contributed by atoms with van der Waals surface area (Å²) in [6.45, 7) is 4.99. The van der Waals surface area contributed by atoms with Gasteiger partial charge >= 0.3 is 5.97 Å². The maximum atomic E-state index is 12.5. The molecule has 6 heteroatoms.